The lowest BCUT2D eigenvalue weighted by Gasteiger charge is -2.05. The first-order valence-corrected chi connectivity index (χ1v) is 7.46. The summed E-state index contributed by atoms with van der Waals surface area (Å²) in [6, 6.07) is 7.25. The van der Waals surface area contributed by atoms with Crippen molar-refractivity contribution < 1.29 is 14.1 Å². The predicted molar refractivity (Wildman–Crippen MR) is 78.6 cm³/mol. The zero-order valence-electron chi connectivity index (χ0n) is 12.3. The summed E-state index contributed by atoms with van der Waals surface area (Å²) in [5.74, 6) is 0.653. The SMILES string of the molecule is O=C(NCc1noc([C@H]2CCCO2)n1)c1cccc2ccnn12. The fourth-order valence-electron chi connectivity index (χ4n) is 2.61. The van der Waals surface area contributed by atoms with Gasteiger partial charge in [-0.25, -0.2) is 4.52 Å². The van der Waals surface area contributed by atoms with Crippen LogP contribution in [-0.4, -0.2) is 32.3 Å². The van der Waals surface area contributed by atoms with Gasteiger partial charge in [-0.05, 0) is 31.0 Å². The van der Waals surface area contributed by atoms with Crippen LogP contribution in [-0.2, 0) is 11.3 Å². The number of carbonyl (C=O) groups excluding carboxylic acids is 1. The molecular formula is C15H15N5O3. The lowest BCUT2D eigenvalue weighted by molar-refractivity contribution is 0.0835. The summed E-state index contributed by atoms with van der Waals surface area (Å²) in [7, 11) is 0. The van der Waals surface area contributed by atoms with Gasteiger partial charge in [-0.3, -0.25) is 4.79 Å². The van der Waals surface area contributed by atoms with Crippen LogP contribution in [0.25, 0.3) is 5.52 Å². The lowest BCUT2D eigenvalue weighted by atomic mass is 10.2. The van der Waals surface area contributed by atoms with Crippen LogP contribution in [0.3, 0.4) is 0 Å². The van der Waals surface area contributed by atoms with Gasteiger partial charge in [0.05, 0.1) is 18.3 Å². The number of hydrogen-bond donors (Lipinski definition) is 1. The van der Waals surface area contributed by atoms with Gasteiger partial charge in [-0.1, -0.05) is 11.2 Å². The van der Waals surface area contributed by atoms with Crippen molar-refractivity contribution in [2.24, 2.45) is 0 Å². The van der Waals surface area contributed by atoms with Gasteiger partial charge in [0.2, 0.25) is 0 Å². The molecule has 0 bridgehead atoms. The Morgan fingerprint density at radius 3 is 3.22 bits per heavy atom. The molecule has 0 aromatic carbocycles. The Morgan fingerprint density at radius 2 is 2.35 bits per heavy atom. The average molecular weight is 313 g/mol. The molecule has 4 heterocycles. The van der Waals surface area contributed by atoms with E-state index >= 15 is 0 Å². The van der Waals surface area contributed by atoms with E-state index in [0.717, 1.165) is 18.4 Å². The quantitative estimate of drug-likeness (QED) is 0.784. The van der Waals surface area contributed by atoms with Crippen molar-refractivity contribution in [1.29, 1.82) is 0 Å². The molecule has 1 aliphatic heterocycles. The van der Waals surface area contributed by atoms with Crippen LogP contribution >= 0.6 is 0 Å². The number of ether oxygens (including phenoxy) is 1. The molecule has 0 spiro atoms. The standard InChI is InChI=1S/C15H15N5O3/c21-14(11-4-1-3-10-6-7-17-20(10)11)16-9-13-18-15(23-19-13)12-5-2-8-22-12/h1,3-4,6-7,12H,2,5,8-9H2,(H,16,21)/t12-/m1/s1. The molecule has 0 saturated carbocycles. The highest BCUT2D eigenvalue weighted by Gasteiger charge is 2.24. The Morgan fingerprint density at radius 1 is 1.39 bits per heavy atom. The number of rotatable bonds is 4. The second-order valence-corrected chi connectivity index (χ2v) is 5.31. The monoisotopic (exact) mass is 313 g/mol. The molecule has 1 saturated heterocycles. The smallest absolute Gasteiger partial charge is 0.270 e. The van der Waals surface area contributed by atoms with Gasteiger partial charge in [0, 0.05) is 6.61 Å². The summed E-state index contributed by atoms with van der Waals surface area (Å²) in [6.45, 7) is 0.902. The Labute approximate surface area is 131 Å². The number of amides is 1. The number of aromatic nitrogens is 4. The highest BCUT2D eigenvalue weighted by atomic mass is 16.5. The molecule has 0 unspecified atom stereocenters. The number of nitrogens with one attached hydrogen (secondary N) is 1. The second-order valence-electron chi connectivity index (χ2n) is 5.31. The predicted octanol–water partition coefficient (Wildman–Crippen LogP) is 1.50. The summed E-state index contributed by atoms with van der Waals surface area (Å²) in [4.78, 5) is 16.6. The normalized spacial score (nSPS) is 17.7. The van der Waals surface area contributed by atoms with Gasteiger partial charge in [-0.15, -0.1) is 0 Å². The fraction of sp³-hybridized carbons (Fsp3) is 0.333. The molecule has 1 fully saturated rings. The molecule has 0 aliphatic carbocycles. The molecule has 23 heavy (non-hydrogen) atoms. The molecule has 1 amide bonds. The Kier molecular flexibility index (Phi) is 3.51. The molecule has 1 aliphatic rings. The molecule has 3 aromatic heterocycles. The van der Waals surface area contributed by atoms with Crippen LogP contribution in [0.2, 0.25) is 0 Å². The minimum atomic E-state index is -0.247. The molecule has 8 heteroatoms. The third-order valence-electron chi connectivity index (χ3n) is 3.75. The summed E-state index contributed by atoms with van der Waals surface area (Å²) in [5, 5.41) is 10.8. The minimum absolute atomic E-state index is 0.121. The number of pyridine rings is 1. The Bertz CT molecular complexity index is 834. The van der Waals surface area contributed by atoms with Crippen LogP contribution in [0.15, 0.2) is 35.0 Å². The van der Waals surface area contributed by atoms with Gasteiger partial charge < -0.3 is 14.6 Å². The van der Waals surface area contributed by atoms with Crippen molar-refractivity contribution in [3.8, 4) is 0 Å². The van der Waals surface area contributed by atoms with Gasteiger partial charge in [0.15, 0.2) is 5.82 Å². The first-order valence-electron chi connectivity index (χ1n) is 7.46. The maximum Gasteiger partial charge on any atom is 0.270 e. The van der Waals surface area contributed by atoms with Crippen molar-refractivity contribution in [2.75, 3.05) is 6.61 Å². The maximum absolute atomic E-state index is 12.3. The Hall–Kier alpha value is -2.74. The highest BCUT2D eigenvalue weighted by Crippen LogP contribution is 2.26. The highest BCUT2D eigenvalue weighted by molar-refractivity contribution is 5.93. The van der Waals surface area contributed by atoms with Crippen LogP contribution < -0.4 is 5.32 Å². The van der Waals surface area contributed by atoms with Crippen molar-refractivity contribution in [3.05, 3.63) is 47.9 Å². The summed E-state index contributed by atoms with van der Waals surface area (Å²) in [6.07, 6.45) is 3.41. The van der Waals surface area contributed by atoms with E-state index in [2.05, 4.69) is 20.6 Å². The zero-order chi connectivity index (χ0) is 15.6. The third-order valence-corrected chi connectivity index (χ3v) is 3.75. The number of hydrogen-bond acceptors (Lipinski definition) is 6. The average Bonchev–Trinajstić information content (AvgIpc) is 3.32. The summed E-state index contributed by atoms with van der Waals surface area (Å²) in [5.41, 5.74) is 1.31. The first-order chi connectivity index (χ1) is 11.3. The second kappa shape index (κ2) is 5.81. The first kappa shape index (κ1) is 13.9. The van der Waals surface area contributed by atoms with E-state index in [1.54, 1.807) is 16.8 Å². The van der Waals surface area contributed by atoms with Crippen LogP contribution in [0.5, 0.6) is 0 Å². The van der Waals surface area contributed by atoms with Crippen molar-refractivity contribution in [2.45, 2.75) is 25.5 Å². The number of fused-ring (bicyclic) bond motifs is 1. The molecule has 1 N–H and O–H groups in total. The lowest BCUT2D eigenvalue weighted by Crippen LogP contribution is -2.25. The molecule has 0 radical (unpaired) electrons. The molecular weight excluding hydrogens is 298 g/mol. The van der Waals surface area contributed by atoms with E-state index in [1.165, 1.54) is 0 Å². The Balaban J connectivity index is 1.44. The molecule has 4 rings (SSSR count). The van der Waals surface area contributed by atoms with Gasteiger partial charge in [-0.2, -0.15) is 10.1 Å². The third kappa shape index (κ3) is 2.68. The van der Waals surface area contributed by atoms with E-state index in [9.17, 15) is 4.79 Å². The van der Waals surface area contributed by atoms with Crippen LogP contribution in [0.1, 0.15) is 41.1 Å². The van der Waals surface area contributed by atoms with Crippen molar-refractivity contribution >= 4 is 11.4 Å². The van der Waals surface area contributed by atoms with E-state index in [-0.39, 0.29) is 18.6 Å². The number of nitrogens with zero attached hydrogens (tertiary/aromatic N) is 4. The van der Waals surface area contributed by atoms with Gasteiger partial charge >= 0.3 is 0 Å². The fourth-order valence-corrected chi connectivity index (χ4v) is 2.61. The topological polar surface area (TPSA) is 94.5 Å². The number of carbonyl (C=O) groups is 1. The van der Waals surface area contributed by atoms with Crippen LogP contribution in [0, 0.1) is 0 Å². The molecule has 8 nitrogen and oxygen atoms in total. The van der Waals surface area contributed by atoms with Crippen molar-refractivity contribution in [3.63, 3.8) is 0 Å². The summed E-state index contributed by atoms with van der Waals surface area (Å²) >= 11 is 0. The zero-order valence-corrected chi connectivity index (χ0v) is 12.3. The van der Waals surface area contributed by atoms with E-state index in [4.69, 9.17) is 9.26 Å². The van der Waals surface area contributed by atoms with Gasteiger partial charge in [0.25, 0.3) is 11.8 Å². The van der Waals surface area contributed by atoms with E-state index in [1.807, 2.05) is 18.2 Å². The largest absolute Gasteiger partial charge is 0.368 e. The molecule has 3 aromatic rings. The van der Waals surface area contributed by atoms with E-state index < -0.39 is 0 Å². The molecule has 1 atom stereocenters. The minimum Gasteiger partial charge on any atom is -0.368 e. The molecule has 118 valence electrons. The van der Waals surface area contributed by atoms with Gasteiger partial charge in [0.1, 0.15) is 11.8 Å². The van der Waals surface area contributed by atoms with E-state index in [0.29, 0.717) is 24.0 Å². The van der Waals surface area contributed by atoms with Crippen molar-refractivity contribution in [1.82, 2.24) is 25.1 Å². The maximum atomic E-state index is 12.3. The summed E-state index contributed by atoms with van der Waals surface area (Å²) < 4.78 is 12.3. The van der Waals surface area contributed by atoms with Crippen LogP contribution in [0.4, 0.5) is 0 Å².